The zero-order chi connectivity index (χ0) is 17.0. The highest BCUT2D eigenvalue weighted by Gasteiger charge is 1.94. The summed E-state index contributed by atoms with van der Waals surface area (Å²) in [6, 6.07) is 17.3. The molecule has 2 aromatic rings. The van der Waals surface area contributed by atoms with Crippen molar-refractivity contribution in [3.63, 3.8) is 0 Å². The molecular formula is C24H28. The van der Waals surface area contributed by atoms with Crippen LogP contribution in [0.5, 0.6) is 0 Å². The van der Waals surface area contributed by atoms with Gasteiger partial charge in [0.15, 0.2) is 0 Å². The predicted molar refractivity (Wildman–Crippen MR) is 105 cm³/mol. The van der Waals surface area contributed by atoms with Gasteiger partial charge in [0.25, 0.3) is 0 Å². The van der Waals surface area contributed by atoms with Crippen LogP contribution in [0.3, 0.4) is 0 Å². The SMILES string of the molecule is CC=CCCc1ccc(C#Cc2ccc(CCCCC)cc2)cc1. The van der Waals surface area contributed by atoms with Gasteiger partial charge in [-0.25, -0.2) is 0 Å². The molecule has 0 N–H and O–H groups in total. The lowest BCUT2D eigenvalue weighted by Crippen LogP contribution is -1.86. The summed E-state index contributed by atoms with van der Waals surface area (Å²) in [6.07, 6.45) is 11.6. The maximum absolute atomic E-state index is 3.27. The van der Waals surface area contributed by atoms with Crippen molar-refractivity contribution in [3.8, 4) is 11.8 Å². The molecule has 0 saturated carbocycles. The number of unbranched alkanes of at least 4 members (excludes halogenated alkanes) is 2. The fraction of sp³-hybridized carbons (Fsp3) is 0.333. The molecule has 0 radical (unpaired) electrons. The van der Waals surface area contributed by atoms with E-state index < -0.39 is 0 Å². The Hall–Kier alpha value is -2.26. The van der Waals surface area contributed by atoms with E-state index in [0.29, 0.717) is 0 Å². The van der Waals surface area contributed by atoms with Crippen LogP contribution in [0.1, 0.15) is 61.8 Å². The molecule has 0 bridgehead atoms. The zero-order valence-electron chi connectivity index (χ0n) is 15.0. The highest BCUT2D eigenvalue weighted by Crippen LogP contribution is 2.09. The van der Waals surface area contributed by atoms with E-state index in [4.69, 9.17) is 0 Å². The van der Waals surface area contributed by atoms with Crippen LogP contribution in [0.25, 0.3) is 0 Å². The van der Waals surface area contributed by atoms with Crippen LogP contribution >= 0.6 is 0 Å². The third-order valence-corrected chi connectivity index (χ3v) is 4.16. The molecule has 0 fully saturated rings. The molecule has 0 saturated heterocycles. The number of hydrogen-bond donors (Lipinski definition) is 0. The van der Waals surface area contributed by atoms with Gasteiger partial charge in [-0.3, -0.25) is 0 Å². The molecule has 0 heteroatoms. The predicted octanol–water partition coefficient (Wildman–Crippen LogP) is 6.33. The monoisotopic (exact) mass is 316 g/mol. The van der Waals surface area contributed by atoms with Gasteiger partial charge in [0.1, 0.15) is 0 Å². The number of aryl methyl sites for hydroxylation is 2. The van der Waals surface area contributed by atoms with Gasteiger partial charge in [-0.05, 0) is 68.0 Å². The summed E-state index contributed by atoms with van der Waals surface area (Å²) >= 11 is 0. The van der Waals surface area contributed by atoms with Crippen LogP contribution in [0.15, 0.2) is 60.7 Å². The lowest BCUT2D eigenvalue weighted by molar-refractivity contribution is 0.717. The van der Waals surface area contributed by atoms with Gasteiger partial charge in [0, 0.05) is 11.1 Å². The Morgan fingerprint density at radius 3 is 1.79 bits per heavy atom. The van der Waals surface area contributed by atoms with Gasteiger partial charge in [-0.1, -0.05) is 68.0 Å². The second-order valence-electron chi connectivity index (χ2n) is 6.21. The van der Waals surface area contributed by atoms with Crippen molar-refractivity contribution in [1.29, 1.82) is 0 Å². The number of rotatable bonds is 7. The Morgan fingerprint density at radius 1 is 0.750 bits per heavy atom. The number of benzene rings is 2. The second-order valence-corrected chi connectivity index (χ2v) is 6.21. The fourth-order valence-electron chi connectivity index (χ4n) is 2.65. The second kappa shape index (κ2) is 10.5. The fourth-order valence-corrected chi connectivity index (χ4v) is 2.65. The summed E-state index contributed by atoms with van der Waals surface area (Å²) in [5, 5.41) is 0. The minimum Gasteiger partial charge on any atom is -0.0917 e. The maximum atomic E-state index is 3.27. The summed E-state index contributed by atoms with van der Waals surface area (Å²) < 4.78 is 0. The van der Waals surface area contributed by atoms with Crippen molar-refractivity contribution < 1.29 is 0 Å². The van der Waals surface area contributed by atoms with E-state index in [1.54, 1.807) is 0 Å². The van der Waals surface area contributed by atoms with Gasteiger partial charge in [-0.2, -0.15) is 0 Å². The first kappa shape index (κ1) is 18.1. The Morgan fingerprint density at radius 2 is 1.29 bits per heavy atom. The molecule has 2 rings (SSSR count). The van der Waals surface area contributed by atoms with Crippen LogP contribution < -0.4 is 0 Å². The first-order valence-electron chi connectivity index (χ1n) is 9.13. The van der Waals surface area contributed by atoms with Crippen molar-refractivity contribution >= 4 is 0 Å². The summed E-state index contributed by atoms with van der Waals surface area (Å²) in [5.74, 6) is 6.53. The Kier molecular flexibility index (Phi) is 7.91. The summed E-state index contributed by atoms with van der Waals surface area (Å²) in [5.41, 5.74) is 4.96. The molecule has 0 nitrogen and oxygen atoms in total. The molecule has 0 aromatic heterocycles. The van der Waals surface area contributed by atoms with Crippen LogP contribution in [0.4, 0.5) is 0 Å². The quantitative estimate of drug-likeness (QED) is 0.318. The van der Waals surface area contributed by atoms with Crippen LogP contribution in [0, 0.1) is 11.8 Å². The van der Waals surface area contributed by atoms with Crippen LogP contribution in [0.2, 0.25) is 0 Å². The molecule has 0 aliphatic heterocycles. The molecule has 0 spiro atoms. The summed E-state index contributed by atoms with van der Waals surface area (Å²) in [7, 11) is 0. The Balaban J connectivity index is 1.91. The lowest BCUT2D eigenvalue weighted by atomic mass is 10.0. The van der Waals surface area contributed by atoms with Crippen molar-refractivity contribution in [3.05, 3.63) is 82.9 Å². The van der Waals surface area contributed by atoms with E-state index >= 15 is 0 Å². The van der Waals surface area contributed by atoms with E-state index in [1.165, 1.54) is 36.8 Å². The smallest absolute Gasteiger partial charge is 0.0249 e. The van der Waals surface area contributed by atoms with E-state index in [2.05, 4.69) is 86.4 Å². The summed E-state index contributed by atoms with van der Waals surface area (Å²) in [4.78, 5) is 0. The van der Waals surface area contributed by atoms with E-state index in [0.717, 1.165) is 24.0 Å². The molecule has 0 atom stereocenters. The molecule has 124 valence electrons. The molecule has 24 heavy (non-hydrogen) atoms. The summed E-state index contributed by atoms with van der Waals surface area (Å²) in [6.45, 7) is 4.31. The minimum atomic E-state index is 1.08. The van der Waals surface area contributed by atoms with Crippen LogP contribution in [-0.2, 0) is 12.8 Å². The molecule has 0 unspecified atom stereocenters. The van der Waals surface area contributed by atoms with Crippen molar-refractivity contribution in [2.45, 2.75) is 52.4 Å². The highest BCUT2D eigenvalue weighted by atomic mass is 14.0. The largest absolute Gasteiger partial charge is 0.0917 e. The third-order valence-electron chi connectivity index (χ3n) is 4.16. The number of allylic oxidation sites excluding steroid dienone is 2. The topological polar surface area (TPSA) is 0 Å². The normalized spacial score (nSPS) is 10.6. The Labute approximate surface area is 147 Å². The van der Waals surface area contributed by atoms with E-state index in [9.17, 15) is 0 Å². The average molecular weight is 316 g/mol. The molecule has 0 aliphatic rings. The lowest BCUT2D eigenvalue weighted by Gasteiger charge is -2.00. The van der Waals surface area contributed by atoms with Gasteiger partial charge in [0.05, 0.1) is 0 Å². The third kappa shape index (κ3) is 6.47. The minimum absolute atomic E-state index is 1.08. The van der Waals surface area contributed by atoms with E-state index in [-0.39, 0.29) is 0 Å². The van der Waals surface area contributed by atoms with Crippen molar-refractivity contribution in [2.24, 2.45) is 0 Å². The van der Waals surface area contributed by atoms with Gasteiger partial charge < -0.3 is 0 Å². The Bertz CT molecular complexity index is 676. The van der Waals surface area contributed by atoms with Gasteiger partial charge in [-0.15, -0.1) is 0 Å². The molecule has 0 heterocycles. The molecule has 0 aliphatic carbocycles. The molecular weight excluding hydrogens is 288 g/mol. The first-order chi connectivity index (χ1) is 11.8. The first-order valence-corrected chi connectivity index (χ1v) is 9.13. The standard InChI is InChI=1S/C24H28/c1-3-5-7-9-21-11-15-23(16-12-21)19-20-24-17-13-22(14-18-24)10-8-6-4-2/h3,5,11-18H,4,6-10H2,1-2H3. The van der Waals surface area contributed by atoms with Gasteiger partial charge >= 0.3 is 0 Å². The van der Waals surface area contributed by atoms with Crippen LogP contribution in [-0.4, -0.2) is 0 Å². The molecule has 0 amide bonds. The average Bonchev–Trinajstić information content (AvgIpc) is 2.63. The van der Waals surface area contributed by atoms with Crippen molar-refractivity contribution in [2.75, 3.05) is 0 Å². The maximum Gasteiger partial charge on any atom is 0.0249 e. The van der Waals surface area contributed by atoms with Gasteiger partial charge in [0.2, 0.25) is 0 Å². The highest BCUT2D eigenvalue weighted by molar-refractivity contribution is 5.44. The van der Waals surface area contributed by atoms with E-state index in [1.807, 2.05) is 0 Å². The zero-order valence-corrected chi connectivity index (χ0v) is 15.0. The number of hydrogen-bond acceptors (Lipinski definition) is 0. The van der Waals surface area contributed by atoms with Crippen molar-refractivity contribution in [1.82, 2.24) is 0 Å². The molecule has 2 aromatic carbocycles.